The number of carbonyl (C=O) groups is 1. The molecular formula is C12H12BrNO2. The largest absolute Gasteiger partial charge is 0.468 e. The van der Waals surface area contributed by atoms with Crippen molar-refractivity contribution in [3.63, 3.8) is 0 Å². The summed E-state index contributed by atoms with van der Waals surface area (Å²) in [6.07, 6.45) is 0. The summed E-state index contributed by atoms with van der Waals surface area (Å²) in [7, 11) is 1.39. The first-order valence-electron chi connectivity index (χ1n) is 4.94. The van der Waals surface area contributed by atoms with Gasteiger partial charge in [-0.2, -0.15) is 0 Å². The third kappa shape index (κ3) is 1.73. The Labute approximate surface area is 102 Å². The van der Waals surface area contributed by atoms with Crippen LogP contribution in [0.2, 0.25) is 0 Å². The summed E-state index contributed by atoms with van der Waals surface area (Å²) < 4.78 is 4.74. The Bertz CT molecular complexity index is 533. The van der Waals surface area contributed by atoms with Crippen molar-refractivity contribution in [1.82, 2.24) is 4.98 Å². The fourth-order valence-electron chi connectivity index (χ4n) is 1.85. The topological polar surface area (TPSA) is 42.1 Å². The quantitative estimate of drug-likeness (QED) is 0.679. The summed E-state index contributed by atoms with van der Waals surface area (Å²) >= 11 is 3.37. The lowest BCUT2D eigenvalue weighted by Crippen LogP contribution is -2.08. The SMILES string of the molecule is COC(=O)C(Br)c1c(C)[nH]c2ccccc12. The smallest absolute Gasteiger partial charge is 0.324 e. The van der Waals surface area contributed by atoms with Crippen molar-refractivity contribution in [2.24, 2.45) is 0 Å². The third-order valence-corrected chi connectivity index (χ3v) is 3.44. The normalized spacial score (nSPS) is 12.7. The van der Waals surface area contributed by atoms with Crippen molar-refractivity contribution in [1.29, 1.82) is 0 Å². The molecule has 0 aliphatic heterocycles. The molecule has 16 heavy (non-hydrogen) atoms. The summed E-state index contributed by atoms with van der Waals surface area (Å²) in [6.45, 7) is 1.95. The Morgan fingerprint density at radius 3 is 2.81 bits per heavy atom. The van der Waals surface area contributed by atoms with E-state index in [1.54, 1.807) is 0 Å². The highest BCUT2D eigenvalue weighted by atomic mass is 79.9. The number of hydrogen-bond donors (Lipinski definition) is 1. The van der Waals surface area contributed by atoms with Gasteiger partial charge in [0.25, 0.3) is 0 Å². The molecule has 4 heteroatoms. The van der Waals surface area contributed by atoms with Crippen LogP contribution in [0.3, 0.4) is 0 Å². The molecule has 0 saturated heterocycles. The Morgan fingerprint density at radius 2 is 2.12 bits per heavy atom. The number of para-hydroxylation sites is 1. The number of esters is 1. The Hall–Kier alpha value is -1.29. The fourth-order valence-corrected chi connectivity index (χ4v) is 2.62. The van der Waals surface area contributed by atoms with Crippen LogP contribution in [0.15, 0.2) is 24.3 Å². The van der Waals surface area contributed by atoms with Gasteiger partial charge in [-0.15, -0.1) is 0 Å². The van der Waals surface area contributed by atoms with Crippen LogP contribution < -0.4 is 0 Å². The molecule has 0 bridgehead atoms. The van der Waals surface area contributed by atoms with Gasteiger partial charge in [0.05, 0.1) is 7.11 Å². The second-order valence-electron chi connectivity index (χ2n) is 3.59. The number of aryl methyl sites for hydroxylation is 1. The number of aromatic amines is 1. The van der Waals surface area contributed by atoms with Gasteiger partial charge in [0.1, 0.15) is 4.83 Å². The first kappa shape index (κ1) is 11.2. The third-order valence-electron chi connectivity index (χ3n) is 2.60. The molecular weight excluding hydrogens is 270 g/mol. The number of alkyl halides is 1. The van der Waals surface area contributed by atoms with Crippen LogP contribution in [0.25, 0.3) is 10.9 Å². The molecule has 0 aliphatic carbocycles. The van der Waals surface area contributed by atoms with Crippen LogP contribution in [0.5, 0.6) is 0 Å². The molecule has 0 saturated carbocycles. The van der Waals surface area contributed by atoms with Gasteiger partial charge in [0.15, 0.2) is 0 Å². The van der Waals surface area contributed by atoms with Crippen LogP contribution in [0, 0.1) is 6.92 Å². The maximum atomic E-state index is 11.5. The lowest BCUT2D eigenvalue weighted by molar-refractivity contribution is -0.139. The van der Waals surface area contributed by atoms with Crippen molar-refractivity contribution in [2.75, 3.05) is 7.11 Å². The van der Waals surface area contributed by atoms with Crippen molar-refractivity contribution >= 4 is 32.8 Å². The summed E-state index contributed by atoms with van der Waals surface area (Å²) in [5.74, 6) is -0.284. The number of aromatic nitrogens is 1. The van der Waals surface area contributed by atoms with Gasteiger partial charge in [-0.3, -0.25) is 4.79 Å². The predicted molar refractivity (Wildman–Crippen MR) is 66.7 cm³/mol. The maximum Gasteiger partial charge on any atom is 0.324 e. The van der Waals surface area contributed by atoms with Gasteiger partial charge in [0, 0.05) is 22.2 Å². The molecule has 0 fully saturated rings. The number of nitrogens with one attached hydrogen (secondary N) is 1. The molecule has 0 amide bonds. The first-order chi connectivity index (χ1) is 7.65. The zero-order chi connectivity index (χ0) is 11.7. The molecule has 2 rings (SSSR count). The van der Waals surface area contributed by atoms with Crippen molar-refractivity contribution in [2.45, 2.75) is 11.8 Å². The highest BCUT2D eigenvalue weighted by Crippen LogP contribution is 2.33. The second-order valence-corrected chi connectivity index (χ2v) is 4.51. The van der Waals surface area contributed by atoms with E-state index >= 15 is 0 Å². The van der Waals surface area contributed by atoms with Gasteiger partial charge in [-0.25, -0.2) is 0 Å². The molecule has 84 valence electrons. The molecule has 1 aromatic heterocycles. The molecule has 1 unspecified atom stereocenters. The molecule has 0 radical (unpaired) electrons. The minimum absolute atomic E-state index is 0.284. The van der Waals surface area contributed by atoms with E-state index in [9.17, 15) is 4.79 Å². The van der Waals surface area contributed by atoms with Crippen molar-refractivity contribution in [3.8, 4) is 0 Å². The Morgan fingerprint density at radius 1 is 1.44 bits per heavy atom. The molecule has 1 atom stereocenters. The number of H-pyrrole nitrogens is 1. The number of methoxy groups -OCH3 is 1. The van der Waals surface area contributed by atoms with Crippen LogP contribution in [0.1, 0.15) is 16.1 Å². The summed E-state index contributed by atoms with van der Waals surface area (Å²) in [4.78, 5) is 14.3. The van der Waals surface area contributed by atoms with Crippen LogP contribution >= 0.6 is 15.9 Å². The number of halogens is 1. The molecule has 0 aliphatic rings. The van der Waals surface area contributed by atoms with E-state index in [2.05, 4.69) is 20.9 Å². The lowest BCUT2D eigenvalue weighted by atomic mass is 10.1. The number of benzene rings is 1. The van der Waals surface area contributed by atoms with Crippen LogP contribution in [-0.4, -0.2) is 18.1 Å². The van der Waals surface area contributed by atoms with Crippen LogP contribution in [0.4, 0.5) is 0 Å². The van der Waals surface area contributed by atoms with E-state index in [4.69, 9.17) is 4.74 Å². The van der Waals surface area contributed by atoms with E-state index in [-0.39, 0.29) is 5.97 Å². The molecule has 0 spiro atoms. The van der Waals surface area contributed by atoms with Crippen molar-refractivity contribution < 1.29 is 9.53 Å². The average Bonchev–Trinajstić information content (AvgIpc) is 2.63. The van der Waals surface area contributed by atoms with Gasteiger partial charge in [0.2, 0.25) is 0 Å². The lowest BCUT2D eigenvalue weighted by Gasteiger charge is -2.07. The monoisotopic (exact) mass is 281 g/mol. The minimum atomic E-state index is -0.423. The number of rotatable bonds is 2. The number of ether oxygens (including phenoxy) is 1. The average molecular weight is 282 g/mol. The molecule has 2 aromatic rings. The molecule has 1 N–H and O–H groups in total. The minimum Gasteiger partial charge on any atom is -0.468 e. The number of hydrogen-bond acceptors (Lipinski definition) is 2. The van der Waals surface area contributed by atoms with Gasteiger partial charge >= 0.3 is 5.97 Å². The standard InChI is InChI=1S/C12H12BrNO2/c1-7-10(11(13)12(15)16-2)8-5-3-4-6-9(8)14-7/h3-6,11,14H,1-2H3. The Kier molecular flexibility index (Phi) is 3.01. The number of fused-ring (bicyclic) bond motifs is 1. The van der Waals surface area contributed by atoms with Gasteiger partial charge in [-0.1, -0.05) is 34.1 Å². The fraction of sp³-hybridized carbons (Fsp3) is 0.250. The summed E-state index contributed by atoms with van der Waals surface area (Å²) in [6, 6.07) is 7.90. The summed E-state index contributed by atoms with van der Waals surface area (Å²) in [5, 5.41) is 1.05. The van der Waals surface area contributed by atoms with Gasteiger partial charge in [-0.05, 0) is 13.0 Å². The van der Waals surface area contributed by atoms with Crippen molar-refractivity contribution in [3.05, 3.63) is 35.5 Å². The van der Waals surface area contributed by atoms with E-state index in [0.717, 1.165) is 22.2 Å². The first-order valence-corrected chi connectivity index (χ1v) is 5.86. The number of carbonyl (C=O) groups excluding carboxylic acids is 1. The zero-order valence-electron chi connectivity index (χ0n) is 9.08. The molecule has 1 aromatic carbocycles. The highest BCUT2D eigenvalue weighted by molar-refractivity contribution is 9.09. The summed E-state index contributed by atoms with van der Waals surface area (Å²) in [5.41, 5.74) is 2.96. The zero-order valence-corrected chi connectivity index (χ0v) is 10.7. The predicted octanol–water partition coefficient (Wildman–Crippen LogP) is 3.09. The maximum absolute atomic E-state index is 11.5. The second kappa shape index (κ2) is 4.29. The van der Waals surface area contributed by atoms with Gasteiger partial charge < -0.3 is 9.72 Å². The van der Waals surface area contributed by atoms with E-state index < -0.39 is 4.83 Å². The molecule has 1 heterocycles. The van der Waals surface area contributed by atoms with E-state index in [1.165, 1.54) is 7.11 Å². The Balaban J connectivity index is 2.59. The van der Waals surface area contributed by atoms with E-state index in [0.29, 0.717) is 0 Å². The molecule has 3 nitrogen and oxygen atoms in total. The highest BCUT2D eigenvalue weighted by Gasteiger charge is 2.23. The van der Waals surface area contributed by atoms with Crippen LogP contribution in [-0.2, 0) is 9.53 Å². The van der Waals surface area contributed by atoms with E-state index in [1.807, 2.05) is 31.2 Å².